The number of sulfonamides is 1. The molecule has 4 N–H and O–H groups in total. The summed E-state index contributed by atoms with van der Waals surface area (Å²) in [5.41, 5.74) is 11.0. The Balaban J connectivity index is 3.19. The fourth-order valence-electron chi connectivity index (χ4n) is 1.67. The Labute approximate surface area is 118 Å². The van der Waals surface area contributed by atoms with Gasteiger partial charge in [-0.3, -0.25) is 4.79 Å². The van der Waals surface area contributed by atoms with Gasteiger partial charge in [-0.1, -0.05) is 0 Å². The van der Waals surface area contributed by atoms with Crippen LogP contribution in [0.4, 0.5) is 5.69 Å². The molecule has 1 aromatic rings. The van der Waals surface area contributed by atoms with Gasteiger partial charge in [0.15, 0.2) is 0 Å². The summed E-state index contributed by atoms with van der Waals surface area (Å²) >= 11 is 0. The highest BCUT2D eigenvalue weighted by molar-refractivity contribution is 7.89. The normalized spacial score (nSPS) is 13.4. The molecule has 0 aromatic heterocycles. The summed E-state index contributed by atoms with van der Waals surface area (Å²) in [4.78, 5) is 11.0. The lowest BCUT2D eigenvalue weighted by Gasteiger charge is -2.24. The predicted octanol–water partition coefficient (Wildman–Crippen LogP) is 0.0231. The van der Waals surface area contributed by atoms with E-state index < -0.39 is 15.9 Å². The number of benzene rings is 1. The molecule has 1 unspecified atom stereocenters. The van der Waals surface area contributed by atoms with Gasteiger partial charge in [-0.2, -0.15) is 4.31 Å². The minimum Gasteiger partial charge on any atom is -0.398 e. The molecule has 0 saturated carbocycles. The maximum Gasteiger partial charge on any atom is 0.248 e. The van der Waals surface area contributed by atoms with Gasteiger partial charge in [0.25, 0.3) is 0 Å². The van der Waals surface area contributed by atoms with Gasteiger partial charge < -0.3 is 16.2 Å². The fourth-order valence-corrected chi connectivity index (χ4v) is 3.12. The van der Waals surface area contributed by atoms with Crippen molar-refractivity contribution >= 4 is 21.6 Å². The summed E-state index contributed by atoms with van der Waals surface area (Å²) in [6, 6.07) is 3.52. The lowest BCUT2D eigenvalue weighted by Crippen LogP contribution is -2.38. The number of nitrogens with two attached hydrogens (primary N) is 2. The third kappa shape index (κ3) is 3.27. The zero-order chi connectivity index (χ0) is 15.5. The summed E-state index contributed by atoms with van der Waals surface area (Å²) < 4.78 is 31.0. The van der Waals surface area contributed by atoms with E-state index in [4.69, 9.17) is 16.2 Å². The van der Waals surface area contributed by atoms with E-state index in [2.05, 4.69) is 0 Å². The van der Waals surface area contributed by atoms with Crippen LogP contribution in [-0.4, -0.2) is 45.4 Å². The zero-order valence-electron chi connectivity index (χ0n) is 11.7. The van der Waals surface area contributed by atoms with Crippen LogP contribution in [0.2, 0.25) is 0 Å². The van der Waals surface area contributed by atoms with Crippen LogP contribution in [0.15, 0.2) is 23.1 Å². The molecule has 7 nitrogen and oxygen atoms in total. The molecule has 1 atom stereocenters. The molecule has 0 radical (unpaired) electrons. The molecule has 0 spiro atoms. The monoisotopic (exact) mass is 301 g/mol. The van der Waals surface area contributed by atoms with Crippen LogP contribution in [0, 0.1) is 0 Å². The van der Waals surface area contributed by atoms with E-state index in [9.17, 15) is 13.2 Å². The lowest BCUT2D eigenvalue weighted by molar-refractivity contribution is 0.1000. The Morgan fingerprint density at radius 3 is 2.50 bits per heavy atom. The second kappa shape index (κ2) is 6.21. The third-order valence-electron chi connectivity index (χ3n) is 2.98. The van der Waals surface area contributed by atoms with E-state index in [1.807, 2.05) is 0 Å². The van der Waals surface area contributed by atoms with E-state index in [0.717, 1.165) is 0 Å². The quantitative estimate of drug-likeness (QED) is 0.719. The number of hydrogen-bond acceptors (Lipinski definition) is 5. The Hall–Kier alpha value is -1.64. The van der Waals surface area contributed by atoms with Gasteiger partial charge in [0.1, 0.15) is 4.90 Å². The van der Waals surface area contributed by atoms with Gasteiger partial charge >= 0.3 is 0 Å². The summed E-state index contributed by atoms with van der Waals surface area (Å²) in [7, 11) is -0.819. The smallest absolute Gasteiger partial charge is 0.248 e. The van der Waals surface area contributed by atoms with Crippen molar-refractivity contribution in [2.45, 2.75) is 17.9 Å². The zero-order valence-corrected chi connectivity index (χ0v) is 12.5. The van der Waals surface area contributed by atoms with Crippen molar-refractivity contribution in [1.29, 1.82) is 0 Å². The Morgan fingerprint density at radius 2 is 2.05 bits per heavy atom. The van der Waals surface area contributed by atoms with Crippen LogP contribution >= 0.6 is 0 Å². The average molecular weight is 301 g/mol. The predicted molar refractivity (Wildman–Crippen MR) is 75.7 cm³/mol. The minimum absolute atomic E-state index is 0.0160. The summed E-state index contributed by atoms with van der Waals surface area (Å²) in [6.07, 6.45) is 0. The van der Waals surface area contributed by atoms with E-state index in [1.54, 1.807) is 6.92 Å². The fraction of sp³-hybridized carbons (Fsp3) is 0.417. The number of rotatable bonds is 6. The number of primary amides is 1. The SMILES string of the molecule is COCC(C)N(C)S(=O)(=O)c1ccc(C(N)=O)cc1N. The van der Waals surface area contributed by atoms with Crippen LogP contribution in [-0.2, 0) is 14.8 Å². The molecule has 0 fully saturated rings. The molecule has 0 aliphatic heterocycles. The largest absolute Gasteiger partial charge is 0.398 e. The maximum absolute atomic E-state index is 12.4. The molecule has 1 rings (SSSR count). The number of nitrogens with zero attached hydrogens (tertiary/aromatic N) is 1. The van der Waals surface area contributed by atoms with Crippen molar-refractivity contribution in [2.75, 3.05) is 26.5 Å². The summed E-state index contributed by atoms with van der Waals surface area (Å²) in [5, 5.41) is 0. The number of amides is 1. The molecule has 0 heterocycles. The Morgan fingerprint density at radius 1 is 1.45 bits per heavy atom. The first-order valence-corrected chi connectivity index (χ1v) is 7.32. The molecule has 1 amide bonds. The number of carbonyl (C=O) groups excluding carboxylic acids is 1. The van der Waals surface area contributed by atoms with Crippen molar-refractivity contribution in [1.82, 2.24) is 4.31 Å². The van der Waals surface area contributed by atoms with Gasteiger partial charge in [0.2, 0.25) is 15.9 Å². The van der Waals surface area contributed by atoms with Crippen LogP contribution in [0.1, 0.15) is 17.3 Å². The maximum atomic E-state index is 12.4. The van der Waals surface area contributed by atoms with Crippen LogP contribution in [0.5, 0.6) is 0 Å². The first-order chi connectivity index (χ1) is 9.21. The Kier molecular flexibility index (Phi) is 5.09. The number of nitrogen functional groups attached to an aromatic ring is 1. The number of hydrogen-bond donors (Lipinski definition) is 2. The van der Waals surface area contributed by atoms with E-state index in [1.165, 1.54) is 36.7 Å². The van der Waals surface area contributed by atoms with Crippen molar-refractivity contribution in [3.8, 4) is 0 Å². The topological polar surface area (TPSA) is 116 Å². The summed E-state index contributed by atoms with van der Waals surface area (Å²) in [5.74, 6) is -0.665. The second-order valence-electron chi connectivity index (χ2n) is 4.44. The highest BCUT2D eigenvalue weighted by atomic mass is 32.2. The summed E-state index contributed by atoms with van der Waals surface area (Å²) in [6.45, 7) is 1.98. The number of anilines is 1. The minimum atomic E-state index is -3.76. The molecular formula is C12H19N3O4S. The van der Waals surface area contributed by atoms with Crippen LogP contribution in [0.25, 0.3) is 0 Å². The first-order valence-electron chi connectivity index (χ1n) is 5.88. The standard InChI is InChI=1S/C12H19N3O4S/c1-8(7-19-3)15(2)20(17,18)11-5-4-9(12(14)16)6-10(11)13/h4-6,8H,7,13H2,1-3H3,(H2,14,16). The lowest BCUT2D eigenvalue weighted by atomic mass is 10.2. The second-order valence-corrected chi connectivity index (χ2v) is 6.41. The molecule has 0 bridgehead atoms. The van der Waals surface area contributed by atoms with Gasteiger partial charge in [-0.15, -0.1) is 0 Å². The van der Waals surface area contributed by atoms with Gasteiger partial charge in [-0.05, 0) is 25.1 Å². The molecule has 1 aromatic carbocycles. The molecule has 112 valence electrons. The van der Waals surface area contributed by atoms with Gasteiger partial charge in [0, 0.05) is 25.8 Å². The highest BCUT2D eigenvalue weighted by Crippen LogP contribution is 2.24. The van der Waals surface area contributed by atoms with E-state index >= 15 is 0 Å². The molecular weight excluding hydrogens is 282 g/mol. The number of carbonyl (C=O) groups is 1. The Bertz CT molecular complexity index is 601. The van der Waals surface area contributed by atoms with E-state index in [0.29, 0.717) is 0 Å². The van der Waals surface area contributed by atoms with E-state index in [-0.39, 0.29) is 28.8 Å². The van der Waals surface area contributed by atoms with Crippen LogP contribution < -0.4 is 11.5 Å². The van der Waals surface area contributed by atoms with Crippen LogP contribution in [0.3, 0.4) is 0 Å². The van der Waals surface area contributed by atoms with Gasteiger partial charge in [-0.25, -0.2) is 8.42 Å². The van der Waals surface area contributed by atoms with Gasteiger partial charge in [0.05, 0.1) is 12.3 Å². The van der Waals surface area contributed by atoms with Crippen molar-refractivity contribution in [3.05, 3.63) is 23.8 Å². The first kappa shape index (κ1) is 16.4. The van der Waals surface area contributed by atoms with Crippen molar-refractivity contribution < 1.29 is 17.9 Å². The number of ether oxygens (including phenoxy) is 1. The molecule has 20 heavy (non-hydrogen) atoms. The molecule has 8 heteroatoms. The van der Waals surface area contributed by atoms with Crippen molar-refractivity contribution in [3.63, 3.8) is 0 Å². The number of methoxy groups -OCH3 is 1. The molecule has 0 saturated heterocycles. The average Bonchev–Trinajstić information content (AvgIpc) is 2.37. The number of likely N-dealkylation sites (N-methyl/N-ethyl adjacent to an activating group) is 1. The molecule has 0 aliphatic carbocycles. The molecule has 0 aliphatic rings. The third-order valence-corrected chi connectivity index (χ3v) is 5.03. The highest BCUT2D eigenvalue weighted by Gasteiger charge is 2.27. The van der Waals surface area contributed by atoms with Crippen molar-refractivity contribution in [2.24, 2.45) is 5.73 Å².